The number of fused-ring (bicyclic) bond motifs is 1. The number of ether oxygens (including phenoxy) is 2. The first-order valence-electron chi connectivity index (χ1n) is 9.28. The Morgan fingerprint density at radius 2 is 1.89 bits per heavy atom. The zero-order chi connectivity index (χ0) is 19.9. The molecular weight excluding hydrogens is 392 g/mol. The highest BCUT2D eigenvalue weighted by Gasteiger charge is 2.14. The summed E-state index contributed by atoms with van der Waals surface area (Å²) in [5, 5.41) is 3.04. The second-order valence-electron chi connectivity index (χ2n) is 6.10. The lowest BCUT2D eigenvalue weighted by atomic mass is 10.1. The smallest absolute Gasteiger partial charge is 0.230 e. The topological polar surface area (TPSA) is 60.5 Å². The number of nitrogens with one attached hydrogen (secondary N) is 1. The van der Waals surface area contributed by atoms with Gasteiger partial charge in [-0.15, -0.1) is 11.3 Å². The summed E-state index contributed by atoms with van der Waals surface area (Å²) in [6.45, 7) is 6.98. The van der Waals surface area contributed by atoms with Crippen LogP contribution in [0, 0.1) is 0 Å². The van der Waals surface area contributed by atoms with Crippen LogP contribution in [0.4, 0.5) is 0 Å². The van der Waals surface area contributed by atoms with Crippen molar-refractivity contribution in [2.24, 2.45) is 0 Å². The fourth-order valence-electron chi connectivity index (χ4n) is 2.74. The highest BCUT2D eigenvalue weighted by Crippen LogP contribution is 2.31. The van der Waals surface area contributed by atoms with E-state index in [0.29, 0.717) is 24.7 Å². The number of hydrogen-bond donors (Lipinski definition) is 1. The van der Waals surface area contributed by atoms with Gasteiger partial charge in [0.2, 0.25) is 5.91 Å². The maximum absolute atomic E-state index is 12.4. The molecule has 0 saturated carbocycles. The summed E-state index contributed by atoms with van der Waals surface area (Å²) in [6, 6.07) is 13.6. The molecule has 0 radical (unpaired) electrons. The fourth-order valence-corrected chi connectivity index (χ4v) is 4.62. The standard InChI is InChI=1S/C21H24N2O3S2/c1-4-25-17-11-10-15(12-18(17)26-5-2)14(3)22-20(24)13-27-21-23-16-8-6-7-9-19(16)28-21/h6-12,14H,4-5,13H2,1-3H3,(H,22,24). The molecule has 1 atom stereocenters. The van der Waals surface area contributed by atoms with Gasteiger partial charge in [0.15, 0.2) is 15.8 Å². The number of hydrogen-bond acceptors (Lipinski definition) is 6. The summed E-state index contributed by atoms with van der Waals surface area (Å²) in [7, 11) is 0. The third kappa shape index (κ3) is 5.17. The van der Waals surface area contributed by atoms with Crippen molar-refractivity contribution in [2.45, 2.75) is 31.2 Å². The molecule has 0 aliphatic heterocycles. The zero-order valence-electron chi connectivity index (χ0n) is 16.2. The van der Waals surface area contributed by atoms with Crippen molar-refractivity contribution < 1.29 is 14.3 Å². The molecule has 0 aliphatic rings. The van der Waals surface area contributed by atoms with E-state index in [-0.39, 0.29) is 11.9 Å². The van der Waals surface area contributed by atoms with Gasteiger partial charge in [0.05, 0.1) is 35.2 Å². The molecule has 3 aromatic rings. The Balaban J connectivity index is 1.59. The number of nitrogens with zero attached hydrogens (tertiary/aromatic N) is 1. The van der Waals surface area contributed by atoms with Crippen molar-refractivity contribution >= 4 is 39.2 Å². The van der Waals surface area contributed by atoms with Crippen LogP contribution in [0.15, 0.2) is 46.8 Å². The lowest BCUT2D eigenvalue weighted by molar-refractivity contribution is -0.119. The Morgan fingerprint density at radius 3 is 2.64 bits per heavy atom. The van der Waals surface area contributed by atoms with E-state index in [9.17, 15) is 4.79 Å². The molecule has 0 aliphatic carbocycles. The van der Waals surface area contributed by atoms with Crippen LogP contribution in [0.25, 0.3) is 10.2 Å². The molecule has 1 heterocycles. The van der Waals surface area contributed by atoms with Crippen molar-refractivity contribution in [1.29, 1.82) is 0 Å². The minimum absolute atomic E-state index is 0.0244. The van der Waals surface area contributed by atoms with Gasteiger partial charge in [0, 0.05) is 0 Å². The molecule has 1 N–H and O–H groups in total. The van der Waals surface area contributed by atoms with E-state index >= 15 is 0 Å². The van der Waals surface area contributed by atoms with Crippen molar-refractivity contribution in [1.82, 2.24) is 10.3 Å². The average molecular weight is 417 g/mol. The van der Waals surface area contributed by atoms with Gasteiger partial charge in [-0.1, -0.05) is 30.0 Å². The number of thiazole rings is 1. The van der Waals surface area contributed by atoms with Crippen LogP contribution in [0.1, 0.15) is 32.4 Å². The van der Waals surface area contributed by atoms with Gasteiger partial charge in [-0.3, -0.25) is 4.79 Å². The Kier molecular flexibility index (Phi) is 7.17. The summed E-state index contributed by atoms with van der Waals surface area (Å²) >= 11 is 3.07. The average Bonchev–Trinajstić information content (AvgIpc) is 3.11. The molecule has 28 heavy (non-hydrogen) atoms. The van der Waals surface area contributed by atoms with Crippen LogP contribution < -0.4 is 14.8 Å². The highest BCUT2D eigenvalue weighted by atomic mass is 32.2. The van der Waals surface area contributed by atoms with Crippen LogP contribution in [0.2, 0.25) is 0 Å². The van der Waals surface area contributed by atoms with Crippen LogP contribution >= 0.6 is 23.1 Å². The number of aromatic nitrogens is 1. The van der Waals surface area contributed by atoms with Gasteiger partial charge in [0.25, 0.3) is 0 Å². The highest BCUT2D eigenvalue weighted by molar-refractivity contribution is 8.01. The van der Waals surface area contributed by atoms with Gasteiger partial charge < -0.3 is 14.8 Å². The third-order valence-corrected chi connectivity index (χ3v) is 6.23. The van der Waals surface area contributed by atoms with Gasteiger partial charge in [-0.05, 0) is 50.6 Å². The molecule has 1 unspecified atom stereocenters. The third-order valence-electron chi connectivity index (χ3n) is 4.05. The first-order chi connectivity index (χ1) is 13.6. The molecule has 0 spiro atoms. The second kappa shape index (κ2) is 9.80. The van der Waals surface area contributed by atoms with Gasteiger partial charge in [-0.2, -0.15) is 0 Å². The molecule has 2 aromatic carbocycles. The molecule has 0 saturated heterocycles. The van der Waals surface area contributed by atoms with E-state index in [0.717, 1.165) is 25.9 Å². The Bertz CT molecular complexity index is 909. The molecule has 0 bridgehead atoms. The van der Waals surface area contributed by atoms with Crippen LogP contribution in [-0.2, 0) is 4.79 Å². The molecule has 0 fully saturated rings. The van der Waals surface area contributed by atoms with E-state index < -0.39 is 0 Å². The van der Waals surface area contributed by atoms with E-state index in [2.05, 4.69) is 10.3 Å². The normalized spacial score (nSPS) is 12.0. The molecule has 5 nitrogen and oxygen atoms in total. The van der Waals surface area contributed by atoms with Gasteiger partial charge >= 0.3 is 0 Å². The van der Waals surface area contributed by atoms with Crippen LogP contribution in [-0.4, -0.2) is 29.9 Å². The first-order valence-corrected chi connectivity index (χ1v) is 11.1. The first kappa shape index (κ1) is 20.5. The molecule has 1 amide bonds. The van der Waals surface area contributed by atoms with Crippen molar-refractivity contribution in [2.75, 3.05) is 19.0 Å². The quantitative estimate of drug-likeness (QED) is 0.494. The minimum Gasteiger partial charge on any atom is -0.490 e. The van der Waals surface area contributed by atoms with E-state index in [1.807, 2.05) is 63.2 Å². The van der Waals surface area contributed by atoms with Crippen molar-refractivity contribution in [3.63, 3.8) is 0 Å². The predicted molar refractivity (Wildman–Crippen MR) is 116 cm³/mol. The molecule has 3 rings (SSSR count). The number of thioether (sulfide) groups is 1. The monoisotopic (exact) mass is 416 g/mol. The summed E-state index contributed by atoms with van der Waals surface area (Å²) in [6.07, 6.45) is 0. The van der Waals surface area contributed by atoms with Gasteiger partial charge in [-0.25, -0.2) is 4.98 Å². The maximum atomic E-state index is 12.4. The number of benzene rings is 2. The van der Waals surface area contributed by atoms with Crippen LogP contribution in [0.3, 0.4) is 0 Å². The lowest BCUT2D eigenvalue weighted by Gasteiger charge is -2.17. The lowest BCUT2D eigenvalue weighted by Crippen LogP contribution is -2.28. The maximum Gasteiger partial charge on any atom is 0.230 e. The van der Waals surface area contributed by atoms with E-state index in [1.54, 1.807) is 11.3 Å². The fraction of sp³-hybridized carbons (Fsp3) is 0.333. The number of para-hydroxylation sites is 1. The second-order valence-corrected chi connectivity index (χ2v) is 8.35. The summed E-state index contributed by atoms with van der Waals surface area (Å²) in [5.41, 5.74) is 1.95. The Morgan fingerprint density at radius 1 is 1.14 bits per heavy atom. The molecule has 148 valence electrons. The Hall–Kier alpha value is -2.25. The molecule has 1 aromatic heterocycles. The van der Waals surface area contributed by atoms with Gasteiger partial charge in [0.1, 0.15) is 0 Å². The predicted octanol–water partition coefficient (Wildman–Crippen LogP) is 5.06. The van der Waals surface area contributed by atoms with Crippen molar-refractivity contribution in [3.05, 3.63) is 48.0 Å². The van der Waals surface area contributed by atoms with E-state index in [4.69, 9.17) is 9.47 Å². The Labute approximate surface area is 173 Å². The zero-order valence-corrected chi connectivity index (χ0v) is 17.9. The number of rotatable bonds is 9. The largest absolute Gasteiger partial charge is 0.490 e. The van der Waals surface area contributed by atoms with Crippen molar-refractivity contribution in [3.8, 4) is 11.5 Å². The summed E-state index contributed by atoms with van der Waals surface area (Å²) < 4.78 is 13.3. The molecule has 7 heteroatoms. The number of carbonyl (C=O) groups excluding carboxylic acids is 1. The summed E-state index contributed by atoms with van der Waals surface area (Å²) in [4.78, 5) is 16.9. The number of carbonyl (C=O) groups is 1. The summed E-state index contributed by atoms with van der Waals surface area (Å²) in [5.74, 6) is 1.73. The van der Waals surface area contributed by atoms with E-state index in [1.165, 1.54) is 11.8 Å². The van der Waals surface area contributed by atoms with Crippen LogP contribution in [0.5, 0.6) is 11.5 Å². The minimum atomic E-state index is -0.127. The number of amides is 1. The molecular formula is C21H24N2O3S2. The SMILES string of the molecule is CCOc1ccc(C(C)NC(=O)CSc2nc3ccccc3s2)cc1OCC.